The summed E-state index contributed by atoms with van der Waals surface area (Å²) in [7, 11) is 1.69. The van der Waals surface area contributed by atoms with Crippen molar-refractivity contribution >= 4 is 28.6 Å². The van der Waals surface area contributed by atoms with Gasteiger partial charge in [0, 0.05) is 12.8 Å². The van der Waals surface area contributed by atoms with Gasteiger partial charge < -0.3 is 24.4 Å². The summed E-state index contributed by atoms with van der Waals surface area (Å²) >= 11 is 2.64. The van der Waals surface area contributed by atoms with Crippen LogP contribution in [0.4, 0.5) is 0 Å². The minimum absolute atomic E-state index is 0.000298. The molecule has 0 amide bonds. The summed E-state index contributed by atoms with van der Waals surface area (Å²) in [4.78, 5) is 14.1. The van der Waals surface area contributed by atoms with Crippen LogP contribution in [0.15, 0.2) is 35.0 Å². The number of likely N-dealkylation sites (N-methyl/N-ethyl adjacent to an activating group) is 1. The number of hydrogen-bond donors (Lipinski definition) is 1. The average Bonchev–Trinajstić information content (AvgIpc) is 2.98. The Kier molecular flexibility index (Phi) is 3.63. The first-order valence-electron chi connectivity index (χ1n) is 8.66. The summed E-state index contributed by atoms with van der Waals surface area (Å²) in [5.74, 6) is -0.664. The highest BCUT2D eigenvalue weighted by atomic mass is 32.1. The number of rotatable bonds is 4. The van der Waals surface area contributed by atoms with Gasteiger partial charge in [0.25, 0.3) is 0 Å². The van der Waals surface area contributed by atoms with Gasteiger partial charge in [-0.2, -0.15) is 0 Å². The van der Waals surface area contributed by atoms with E-state index in [1.54, 1.807) is 31.3 Å². The van der Waals surface area contributed by atoms with Crippen LogP contribution >= 0.6 is 22.7 Å². The molecule has 0 aromatic carbocycles. The third-order valence-electron chi connectivity index (χ3n) is 5.97. The molecule has 3 aliphatic heterocycles. The van der Waals surface area contributed by atoms with E-state index in [0.717, 1.165) is 0 Å². The van der Waals surface area contributed by atoms with Crippen LogP contribution in [-0.2, 0) is 19.9 Å². The molecule has 3 fully saturated rings. The number of hydroxylamine groups is 3. The van der Waals surface area contributed by atoms with Crippen molar-refractivity contribution in [2.45, 2.75) is 48.8 Å². The first kappa shape index (κ1) is 16.9. The highest BCUT2D eigenvalue weighted by molar-refractivity contribution is 7.12. The first-order chi connectivity index (χ1) is 12.4. The quantitative estimate of drug-likeness (QED) is 0.373. The second-order valence-electron chi connectivity index (χ2n) is 7.42. The van der Waals surface area contributed by atoms with Crippen molar-refractivity contribution in [1.29, 1.82) is 0 Å². The van der Waals surface area contributed by atoms with Gasteiger partial charge in [0.05, 0.1) is 16.8 Å². The number of fused-ring (bicyclic) bond motifs is 5. The fraction of sp³-hybridized carbons (Fsp3) is 0.500. The van der Waals surface area contributed by atoms with Crippen molar-refractivity contribution in [3.05, 3.63) is 50.0 Å². The molecule has 3 saturated heterocycles. The molecule has 26 heavy (non-hydrogen) atoms. The number of nitrogens with zero attached hydrogens (tertiary/aromatic N) is 1. The van der Waals surface area contributed by atoms with E-state index in [1.165, 1.54) is 22.7 Å². The van der Waals surface area contributed by atoms with Gasteiger partial charge in [-0.05, 0) is 22.9 Å². The molecular weight excluding hydrogens is 374 g/mol. The Morgan fingerprint density at radius 1 is 1.23 bits per heavy atom. The molecule has 0 radical (unpaired) electrons. The van der Waals surface area contributed by atoms with Gasteiger partial charge in [0.2, 0.25) is 5.60 Å². The highest BCUT2D eigenvalue weighted by Gasteiger charge is 2.69. The van der Waals surface area contributed by atoms with E-state index in [-0.39, 0.29) is 35.0 Å². The minimum Gasteiger partial charge on any atom is -0.632 e. The number of esters is 1. The third-order valence-corrected chi connectivity index (χ3v) is 7.93. The number of ether oxygens (including phenoxy) is 2. The number of thiophene rings is 2. The van der Waals surface area contributed by atoms with Crippen LogP contribution in [0.2, 0.25) is 0 Å². The maximum Gasteiger partial charge on any atom is 0.349 e. The van der Waals surface area contributed by atoms with Crippen LogP contribution in [0.5, 0.6) is 0 Å². The number of carbonyl (C=O) groups excluding carboxylic acids is 1. The monoisotopic (exact) mass is 393 g/mol. The fourth-order valence-electron chi connectivity index (χ4n) is 4.53. The Balaban J connectivity index is 1.40. The van der Waals surface area contributed by atoms with Gasteiger partial charge in [-0.1, -0.05) is 12.1 Å². The maximum absolute atomic E-state index is 13.0. The highest BCUT2D eigenvalue weighted by Crippen LogP contribution is 2.52. The Bertz CT molecular complexity index is 765. The molecule has 2 bridgehead atoms. The van der Waals surface area contributed by atoms with Crippen molar-refractivity contribution in [3.63, 3.8) is 0 Å². The summed E-state index contributed by atoms with van der Waals surface area (Å²) in [6, 6.07) is 6.71. The number of aliphatic hydroxyl groups is 1. The second-order valence-corrected chi connectivity index (χ2v) is 9.32. The molecule has 2 aromatic rings. The lowest BCUT2D eigenvalue weighted by Gasteiger charge is -2.51. The van der Waals surface area contributed by atoms with Gasteiger partial charge in [-0.25, -0.2) is 4.79 Å². The minimum atomic E-state index is -1.80. The molecule has 3 aliphatic rings. The van der Waals surface area contributed by atoms with E-state index >= 15 is 0 Å². The molecule has 5 rings (SSSR count). The molecule has 5 heterocycles. The summed E-state index contributed by atoms with van der Waals surface area (Å²) < 4.78 is 11.1. The first-order valence-corrected chi connectivity index (χ1v) is 10.4. The number of piperidine rings is 1. The number of hydrogen-bond acceptors (Lipinski definition) is 7. The molecule has 2 aromatic heterocycles. The van der Waals surface area contributed by atoms with Crippen LogP contribution < -0.4 is 0 Å². The Morgan fingerprint density at radius 2 is 1.77 bits per heavy atom. The second kappa shape index (κ2) is 5.60. The largest absolute Gasteiger partial charge is 0.632 e. The van der Waals surface area contributed by atoms with Crippen molar-refractivity contribution < 1.29 is 24.0 Å². The normalized spacial score (nSPS) is 38.0. The van der Waals surface area contributed by atoms with E-state index in [0.29, 0.717) is 22.6 Å². The Morgan fingerprint density at radius 3 is 2.23 bits per heavy atom. The lowest BCUT2D eigenvalue weighted by molar-refractivity contribution is -0.911. The van der Waals surface area contributed by atoms with Crippen molar-refractivity contribution in [2.24, 2.45) is 0 Å². The fourth-order valence-corrected chi connectivity index (χ4v) is 6.24. The zero-order valence-electron chi connectivity index (χ0n) is 14.1. The molecule has 138 valence electrons. The molecule has 8 heteroatoms. The Labute approximate surface area is 158 Å². The van der Waals surface area contributed by atoms with Gasteiger partial charge in [-0.15, -0.1) is 22.7 Å². The third kappa shape index (κ3) is 2.27. The maximum atomic E-state index is 13.0. The van der Waals surface area contributed by atoms with Crippen LogP contribution in [0.25, 0.3) is 0 Å². The van der Waals surface area contributed by atoms with Gasteiger partial charge in [-0.3, -0.25) is 0 Å². The van der Waals surface area contributed by atoms with Crippen LogP contribution in [0.3, 0.4) is 0 Å². The topological polar surface area (TPSA) is 82.1 Å². The molecule has 0 spiro atoms. The van der Waals surface area contributed by atoms with Gasteiger partial charge >= 0.3 is 5.97 Å². The zero-order valence-corrected chi connectivity index (χ0v) is 15.7. The lowest BCUT2D eigenvalue weighted by Crippen LogP contribution is -2.59. The smallest absolute Gasteiger partial charge is 0.349 e. The lowest BCUT2D eigenvalue weighted by atomic mass is 9.97. The number of morpholine rings is 1. The van der Waals surface area contributed by atoms with Gasteiger partial charge in [0.1, 0.15) is 30.4 Å². The molecule has 6 atom stereocenters. The summed E-state index contributed by atoms with van der Waals surface area (Å²) in [5.41, 5.74) is -1.80. The van der Waals surface area contributed by atoms with Crippen LogP contribution in [-0.4, -0.2) is 53.2 Å². The standard InChI is InChI=1S/C18H19NO5S2/c1-19(22)11-8-10(9-12(19)16-15(11)24-16)23-17(20)18(21,13-4-2-6-25-13)14-5-3-7-26-14/h2-7,10-12,15-16,21H,8-9H2,1H3/t10?,11-,12+,15+,16-,19?. The van der Waals surface area contributed by atoms with E-state index in [4.69, 9.17) is 9.47 Å². The summed E-state index contributed by atoms with van der Waals surface area (Å²) in [6.07, 6.45) is 0.600. The van der Waals surface area contributed by atoms with Crippen molar-refractivity contribution in [3.8, 4) is 0 Å². The molecule has 0 aliphatic carbocycles. The average molecular weight is 393 g/mol. The molecule has 1 N–H and O–H groups in total. The zero-order chi connectivity index (χ0) is 18.1. The molecule has 6 nitrogen and oxygen atoms in total. The molecule has 0 saturated carbocycles. The molecule has 2 unspecified atom stereocenters. The van der Waals surface area contributed by atoms with Crippen molar-refractivity contribution in [2.75, 3.05) is 7.05 Å². The SMILES string of the molecule is C[N+]1([O-])[C@@H]2CC(OC(=O)C(O)(c3cccs3)c3cccs3)C[C@H]1[C@H]1O[C@H]12. The summed E-state index contributed by atoms with van der Waals surface area (Å²) in [6.45, 7) is 0. The van der Waals surface area contributed by atoms with Crippen molar-refractivity contribution in [1.82, 2.24) is 0 Å². The molecular formula is C18H19NO5S2. The predicted molar refractivity (Wildman–Crippen MR) is 96.5 cm³/mol. The van der Waals surface area contributed by atoms with Crippen LogP contribution in [0.1, 0.15) is 22.6 Å². The van der Waals surface area contributed by atoms with E-state index in [1.807, 2.05) is 10.8 Å². The van der Waals surface area contributed by atoms with Crippen LogP contribution in [0, 0.1) is 5.21 Å². The van der Waals surface area contributed by atoms with E-state index in [9.17, 15) is 15.1 Å². The summed E-state index contributed by atoms with van der Waals surface area (Å²) in [5, 5.41) is 27.7. The predicted octanol–water partition coefficient (Wildman–Crippen LogP) is 2.21. The number of quaternary nitrogens is 1. The van der Waals surface area contributed by atoms with E-state index < -0.39 is 11.6 Å². The number of carbonyl (C=O) groups is 1. The number of epoxide rings is 1. The Hall–Kier alpha value is -1.29. The van der Waals surface area contributed by atoms with Gasteiger partial charge in [0.15, 0.2) is 0 Å². The van der Waals surface area contributed by atoms with E-state index in [2.05, 4.69) is 0 Å².